The molecule has 0 radical (unpaired) electrons. The van der Waals surface area contributed by atoms with E-state index in [2.05, 4.69) is 15.2 Å². The Labute approximate surface area is 174 Å². The van der Waals surface area contributed by atoms with E-state index in [-0.39, 0.29) is 23.7 Å². The van der Waals surface area contributed by atoms with Crippen LogP contribution in [0.3, 0.4) is 0 Å². The minimum absolute atomic E-state index is 0.0677. The normalized spacial score (nSPS) is 18.3. The number of benzene rings is 1. The molecule has 1 saturated heterocycles. The van der Waals surface area contributed by atoms with Crippen LogP contribution in [0.5, 0.6) is 0 Å². The molecule has 29 heavy (non-hydrogen) atoms. The lowest BCUT2D eigenvalue weighted by molar-refractivity contribution is 0.0878. The van der Waals surface area contributed by atoms with Crippen LogP contribution in [0.1, 0.15) is 39.8 Å². The molecule has 6 heteroatoms. The zero-order valence-corrected chi connectivity index (χ0v) is 16.9. The van der Waals surface area contributed by atoms with Crippen molar-refractivity contribution < 1.29 is 9.18 Å². The number of hydrogen-bond donors (Lipinski definition) is 1. The van der Waals surface area contributed by atoms with Gasteiger partial charge in [0.15, 0.2) is 0 Å². The predicted molar refractivity (Wildman–Crippen MR) is 113 cm³/mol. The van der Waals surface area contributed by atoms with Crippen LogP contribution < -0.4 is 5.32 Å². The maximum absolute atomic E-state index is 14.1. The maximum atomic E-state index is 14.1. The smallest absolute Gasteiger partial charge is 0.261 e. The van der Waals surface area contributed by atoms with Crippen LogP contribution in [0, 0.1) is 11.7 Å². The number of hydrogen-bond acceptors (Lipinski definition) is 4. The zero-order valence-electron chi connectivity index (χ0n) is 16.1. The van der Waals surface area contributed by atoms with Crippen LogP contribution in [0.25, 0.3) is 0 Å². The highest BCUT2D eigenvalue weighted by Crippen LogP contribution is 2.30. The third-order valence-electron chi connectivity index (χ3n) is 5.40. The standard InChI is InChI=1S/C23H24FN3OS/c24-19-9-2-1-7-17(19)15-27-13-5-8-18(16-27)22(20-10-3-4-12-25-20)26-23(28)21-11-6-14-29-21/h1-4,6-7,9-12,14,18,22H,5,8,13,15-16H2,(H,26,28). The molecular formula is C23H24FN3OS. The third kappa shape index (κ3) is 4.89. The fourth-order valence-corrected chi connectivity index (χ4v) is 4.61. The number of likely N-dealkylation sites (tertiary alicyclic amines) is 1. The van der Waals surface area contributed by atoms with Crippen molar-refractivity contribution >= 4 is 17.2 Å². The Balaban J connectivity index is 1.52. The van der Waals surface area contributed by atoms with Gasteiger partial charge in [0.1, 0.15) is 5.82 Å². The minimum atomic E-state index is -0.172. The third-order valence-corrected chi connectivity index (χ3v) is 6.27. The summed E-state index contributed by atoms with van der Waals surface area (Å²) in [5, 5.41) is 5.11. The highest BCUT2D eigenvalue weighted by atomic mass is 32.1. The first kappa shape index (κ1) is 19.7. The molecule has 1 amide bonds. The summed E-state index contributed by atoms with van der Waals surface area (Å²) in [7, 11) is 0. The van der Waals surface area contributed by atoms with Crippen molar-refractivity contribution in [2.75, 3.05) is 13.1 Å². The number of rotatable bonds is 6. The second-order valence-electron chi connectivity index (χ2n) is 7.41. The van der Waals surface area contributed by atoms with E-state index >= 15 is 0 Å². The Hall–Kier alpha value is -2.57. The first-order chi connectivity index (χ1) is 14.2. The molecule has 0 bridgehead atoms. The van der Waals surface area contributed by atoms with Crippen molar-refractivity contribution in [3.05, 3.63) is 88.1 Å². The molecule has 0 saturated carbocycles. The summed E-state index contributed by atoms with van der Waals surface area (Å²) >= 11 is 1.43. The van der Waals surface area contributed by atoms with Gasteiger partial charge in [-0.15, -0.1) is 11.3 Å². The molecule has 150 valence electrons. The fourth-order valence-electron chi connectivity index (χ4n) is 3.99. The largest absolute Gasteiger partial charge is 0.343 e. The Morgan fingerprint density at radius 1 is 1.21 bits per heavy atom. The average Bonchev–Trinajstić information content (AvgIpc) is 3.29. The molecule has 0 spiro atoms. The van der Waals surface area contributed by atoms with E-state index in [1.807, 2.05) is 47.8 Å². The zero-order chi connectivity index (χ0) is 20.1. The number of amides is 1. The second kappa shape index (κ2) is 9.29. The van der Waals surface area contributed by atoms with Gasteiger partial charge in [-0.05, 0) is 54.9 Å². The highest BCUT2D eigenvalue weighted by molar-refractivity contribution is 7.12. The Morgan fingerprint density at radius 2 is 2.07 bits per heavy atom. The minimum Gasteiger partial charge on any atom is -0.343 e. The van der Waals surface area contributed by atoms with Gasteiger partial charge < -0.3 is 5.32 Å². The van der Waals surface area contributed by atoms with Crippen molar-refractivity contribution in [3.8, 4) is 0 Å². The van der Waals surface area contributed by atoms with Crippen molar-refractivity contribution in [2.45, 2.75) is 25.4 Å². The molecule has 4 nitrogen and oxygen atoms in total. The number of carbonyl (C=O) groups is 1. The molecule has 1 N–H and O–H groups in total. The first-order valence-electron chi connectivity index (χ1n) is 9.92. The van der Waals surface area contributed by atoms with Gasteiger partial charge >= 0.3 is 0 Å². The number of pyridine rings is 1. The van der Waals surface area contributed by atoms with E-state index < -0.39 is 0 Å². The van der Waals surface area contributed by atoms with Gasteiger partial charge in [-0.3, -0.25) is 14.7 Å². The summed E-state index contributed by atoms with van der Waals surface area (Å²) < 4.78 is 14.1. The van der Waals surface area contributed by atoms with Crippen molar-refractivity contribution in [3.63, 3.8) is 0 Å². The lowest BCUT2D eigenvalue weighted by Crippen LogP contribution is -2.43. The van der Waals surface area contributed by atoms with Gasteiger partial charge in [0, 0.05) is 24.8 Å². The number of thiophene rings is 1. The van der Waals surface area contributed by atoms with E-state index in [4.69, 9.17) is 0 Å². The van der Waals surface area contributed by atoms with Gasteiger partial charge in [-0.1, -0.05) is 30.3 Å². The number of nitrogens with zero attached hydrogens (tertiary/aromatic N) is 2. The molecule has 3 aromatic rings. The summed E-state index contributed by atoms with van der Waals surface area (Å²) in [6, 6.07) is 16.3. The predicted octanol–water partition coefficient (Wildman–Crippen LogP) is 4.67. The topological polar surface area (TPSA) is 45.2 Å². The molecule has 1 fully saturated rings. The van der Waals surface area contributed by atoms with Gasteiger partial charge in [-0.25, -0.2) is 4.39 Å². The molecule has 1 aliphatic rings. The molecule has 4 rings (SSSR count). The number of carbonyl (C=O) groups excluding carboxylic acids is 1. The van der Waals surface area contributed by atoms with Gasteiger partial charge in [-0.2, -0.15) is 0 Å². The van der Waals surface area contributed by atoms with E-state index in [1.54, 1.807) is 12.3 Å². The molecule has 2 aromatic heterocycles. The van der Waals surface area contributed by atoms with Gasteiger partial charge in [0.05, 0.1) is 16.6 Å². The monoisotopic (exact) mass is 409 g/mol. The summed E-state index contributed by atoms with van der Waals surface area (Å²) in [6.45, 7) is 2.30. The molecule has 3 heterocycles. The van der Waals surface area contributed by atoms with E-state index in [9.17, 15) is 9.18 Å². The van der Waals surface area contributed by atoms with Crippen LogP contribution in [0.15, 0.2) is 66.2 Å². The Morgan fingerprint density at radius 3 is 2.83 bits per heavy atom. The second-order valence-corrected chi connectivity index (χ2v) is 8.36. The number of piperidine rings is 1. The summed E-state index contributed by atoms with van der Waals surface area (Å²) in [6.07, 6.45) is 3.77. The number of nitrogens with one attached hydrogen (secondary N) is 1. The van der Waals surface area contributed by atoms with Crippen LogP contribution in [0.4, 0.5) is 4.39 Å². The van der Waals surface area contributed by atoms with Crippen LogP contribution in [-0.4, -0.2) is 28.9 Å². The lowest BCUT2D eigenvalue weighted by atomic mass is 9.88. The number of aromatic nitrogens is 1. The summed E-state index contributed by atoms with van der Waals surface area (Å²) in [5.41, 5.74) is 1.58. The molecule has 0 aliphatic carbocycles. The van der Waals surface area contributed by atoms with E-state index in [0.717, 1.165) is 31.6 Å². The number of halogens is 1. The van der Waals surface area contributed by atoms with Gasteiger partial charge in [0.25, 0.3) is 5.91 Å². The molecular weight excluding hydrogens is 385 g/mol. The van der Waals surface area contributed by atoms with Crippen molar-refractivity contribution in [1.29, 1.82) is 0 Å². The van der Waals surface area contributed by atoms with Crippen molar-refractivity contribution in [2.24, 2.45) is 5.92 Å². The Bertz CT molecular complexity index is 932. The van der Waals surface area contributed by atoms with Crippen LogP contribution in [-0.2, 0) is 6.54 Å². The Kier molecular flexibility index (Phi) is 6.32. The lowest BCUT2D eigenvalue weighted by Gasteiger charge is -2.37. The van der Waals surface area contributed by atoms with Crippen molar-refractivity contribution in [1.82, 2.24) is 15.2 Å². The van der Waals surface area contributed by atoms with E-state index in [0.29, 0.717) is 17.0 Å². The first-order valence-corrected chi connectivity index (χ1v) is 10.8. The maximum Gasteiger partial charge on any atom is 0.261 e. The molecule has 1 aromatic carbocycles. The fraction of sp³-hybridized carbons (Fsp3) is 0.304. The molecule has 2 atom stereocenters. The molecule has 2 unspecified atom stereocenters. The summed E-state index contributed by atoms with van der Waals surface area (Å²) in [5.74, 6) is -0.0156. The van der Waals surface area contributed by atoms with Gasteiger partial charge in [0.2, 0.25) is 0 Å². The van der Waals surface area contributed by atoms with E-state index in [1.165, 1.54) is 17.4 Å². The average molecular weight is 410 g/mol. The quantitative estimate of drug-likeness (QED) is 0.644. The highest BCUT2D eigenvalue weighted by Gasteiger charge is 2.31. The summed E-state index contributed by atoms with van der Waals surface area (Å²) in [4.78, 5) is 20.3. The molecule has 1 aliphatic heterocycles. The van der Waals surface area contributed by atoms with Crippen LogP contribution in [0.2, 0.25) is 0 Å². The SMILES string of the molecule is O=C(NC(c1ccccn1)C1CCCN(Cc2ccccc2F)C1)c1cccs1. The van der Waals surface area contributed by atoms with Crippen LogP contribution >= 0.6 is 11.3 Å².